The Labute approximate surface area is 109 Å². The SMILES string of the molecule is CC(C)COC(=O)NC(CC(=O)O)CC(C)(C)C. The minimum Gasteiger partial charge on any atom is -0.481 e. The van der Waals surface area contributed by atoms with Crippen molar-refractivity contribution in [2.24, 2.45) is 11.3 Å². The summed E-state index contributed by atoms with van der Waals surface area (Å²) in [5.74, 6) is -0.662. The van der Waals surface area contributed by atoms with Crippen LogP contribution in [0.2, 0.25) is 0 Å². The molecule has 2 N–H and O–H groups in total. The van der Waals surface area contributed by atoms with Crippen LogP contribution in [-0.4, -0.2) is 29.8 Å². The third-order valence-corrected chi connectivity index (χ3v) is 2.15. The molecule has 1 amide bonds. The van der Waals surface area contributed by atoms with Gasteiger partial charge in [0, 0.05) is 6.04 Å². The van der Waals surface area contributed by atoms with Crippen LogP contribution < -0.4 is 5.32 Å². The summed E-state index contributed by atoms with van der Waals surface area (Å²) in [6.45, 7) is 10.2. The van der Waals surface area contributed by atoms with E-state index in [-0.39, 0.29) is 17.8 Å². The molecule has 0 fully saturated rings. The van der Waals surface area contributed by atoms with E-state index in [1.54, 1.807) is 0 Å². The lowest BCUT2D eigenvalue weighted by Crippen LogP contribution is -2.39. The first-order chi connectivity index (χ1) is 8.10. The normalized spacial score (nSPS) is 13.2. The molecule has 0 rings (SSSR count). The van der Waals surface area contributed by atoms with Crippen LogP contribution in [0.5, 0.6) is 0 Å². The van der Waals surface area contributed by atoms with Gasteiger partial charge in [-0.1, -0.05) is 34.6 Å². The van der Waals surface area contributed by atoms with Crippen molar-refractivity contribution in [1.29, 1.82) is 0 Å². The van der Waals surface area contributed by atoms with Gasteiger partial charge in [-0.05, 0) is 17.8 Å². The standard InChI is InChI=1S/C13H25NO4/c1-9(2)8-18-12(17)14-10(6-11(15)16)7-13(3,4)5/h9-10H,6-8H2,1-5H3,(H,14,17)(H,15,16). The van der Waals surface area contributed by atoms with Gasteiger partial charge >= 0.3 is 12.1 Å². The Kier molecular flexibility index (Phi) is 6.73. The lowest BCUT2D eigenvalue weighted by molar-refractivity contribution is -0.137. The molecular weight excluding hydrogens is 234 g/mol. The van der Waals surface area contributed by atoms with Gasteiger partial charge in [-0.15, -0.1) is 0 Å². The van der Waals surface area contributed by atoms with Gasteiger partial charge in [0.15, 0.2) is 0 Å². The fraction of sp³-hybridized carbons (Fsp3) is 0.846. The van der Waals surface area contributed by atoms with Gasteiger partial charge in [0.1, 0.15) is 0 Å². The summed E-state index contributed by atoms with van der Waals surface area (Å²) in [6, 6.07) is -0.401. The zero-order chi connectivity index (χ0) is 14.3. The number of hydrogen-bond donors (Lipinski definition) is 2. The summed E-state index contributed by atoms with van der Waals surface area (Å²) < 4.78 is 4.99. The number of hydrogen-bond acceptors (Lipinski definition) is 3. The lowest BCUT2D eigenvalue weighted by Gasteiger charge is -2.25. The van der Waals surface area contributed by atoms with Crippen molar-refractivity contribution in [1.82, 2.24) is 5.32 Å². The predicted molar refractivity (Wildman–Crippen MR) is 69.4 cm³/mol. The van der Waals surface area contributed by atoms with E-state index in [1.807, 2.05) is 34.6 Å². The van der Waals surface area contributed by atoms with Crippen LogP contribution in [0.15, 0.2) is 0 Å². The first kappa shape index (κ1) is 16.7. The Morgan fingerprint density at radius 1 is 1.28 bits per heavy atom. The third-order valence-electron chi connectivity index (χ3n) is 2.15. The fourth-order valence-corrected chi connectivity index (χ4v) is 1.57. The smallest absolute Gasteiger partial charge is 0.407 e. The molecule has 0 aliphatic carbocycles. The largest absolute Gasteiger partial charge is 0.481 e. The van der Waals surface area contributed by atoms with Crippen molar-refractivity contribution >= 4 is 12.1 Å². The van der Waals surface area contributed by atoms with E-state index in [1.165, 1.54) is 0 Å². The Morgan fingerprint density at radius 3 is 2.22 bits per heavy atom. The maximum absolute atomic E-state index is 11.5. The number of alkyl carbamates (subject to hydrolysis) is 1. The fourth-order valence-electron chi connectivity index (χ4n) is 1.57. The van der Waals surface area contributed by atoms with Crippen LogP contribution in [0.3, 0.4) is 0 Å². The molecule has 1 atom stereocenters. The third kappa shape index (κ3) is 9.93. The maximum Gasteiger partial charge on any atom is 0.407 e. The first-order valence-corrected chi connectivity index (χ1v) is 6.25. The number of aliphatic carboxylic acids is 1. The van der Waals surface area contributed by atoms with Gasteiger partial charge in [0.05, 0.1) is 13.0 Å². The van der Waals surface area contributed by atoms with E-state index in [2.05, 4.69) is 5.32 Å². The summed E-state index contributed by atoms with van der Waals surface area (Å²) in [5, 5.41) is 11.4. The van der Waals surface area contributed by atoms with Gasteiger partial charge in [0.2, 0.25) is 0 Å². The molecule has 0 heterocycles. The molecule has 106 valence electrons. The van der Waals surface area contributed by atoms with Crippen molar-refractivity contribution in [3.8, 4) is 0 Å². The number of carboxylic acids is 1. The molecule has 5 nitrogen and oxygen atoms in total. The minimum absolute atomic E-state index is 0.0502. The van der Waals surface area contributed by atoms with Gasteiger partial charge in [-0.2, -0.15) is 0 Å². The molecule has 0 aromatic carbocycles. The van der Waals surface area contributed by atoms with Gasteiger partial charge in [-0.3, -0.25) is 4.79 Å². The first-order valence-electron chi connectivity index (χ1n) is 6.25. The quantitative estimate of drug-likeness (QED) is 0.769. The Morgan fingerprint density at radius 2 is 1.83 bits per heavy atom. The van der Waals surface area contributed by atoms with Gasteiger partial charge in [-0.25, -0.2) is 4.79 Å². The summed E-state index contributed by atoms with van der Waals surface area (Å²) in [4.78, 5) is 22.3. The number of nitrogens with one attached hydrogen (secondary N) is 1. The molecule has 0 bridgehead atoms. The van der Waals surface area contributed by atoms with E-state index < -0.39 is 18.1 Å². The van der Waals surface area contributed by atoms with Crippen molar-refractivity contribution in [2.45, 2.75) is 53.5 Å². The molecule has 0 saturated carbocycles. The van der Waals surface area contributed by atoms with Crippen LogP contribution in [0.25, 0.3) is 0 Å². The molecule has 0 saturated heterocycles. The lowest BCUT2D eigenvalue weighted by atomic mass is 9.87. The molecule has 1 unspecified atom stereocenters. The Bertz CT molecular complexity index is 281. The van der Waals surface area contributed by atoms with E-state index in [0.717, 1.165) is 0 Å². The summed E-state index contributed by atoms with van der Waals surface area (Å²) in [7, 11) is 0. The summed E-state index contributed by atoms with van der Waals surface area (Å²) in [6.07, 6.45) is -0.0383. The van der Waals surface area contributed by atoms with Crippen molar-refractivity contribution in [3.05, 3.63) is 0 Å². The van der Waals surface area contributed by atoms with Crippen molar-refractivity contribution in [2.75, 3.05) is 6.61 Å². The number of carboxylic acid groups (broad SMARTS) is 1. The highest BCUT2D eigenvalue weighted by atomic mass is 16.5. The molecule has 0 aromatic rings. The van der Waals surface area contributed by atoms with Crippen LogP contribution in [0.4, 0.5) is 4.79 Å². The average Bonchev–Trinajstić information content (AvgIpc) is 2.10. The number of carbonyl (C=O) groups excluding carboxylic acids is 1. The number of amides is 1. The maximum atomic E-state index is 11.5. The molecular formula is C13H25NO4. The molecule has 0 spiro atoms. The van der Waals surface area contributed by atoms with Crippen LogP contribution in [-0.2, 0) is 9.53 Å². The second-order valence-corrected chi connectivity index (χ2v) is 6.20. The second-order valence-electron chi connectivity index (χ2n) is 6.20. The highest BCUT2D eigenvalue weighted by Crippen LogP contribution is 2.22. The highest BCUT2D eigenvalue weighted by molar-refractivity contribution is 5.71. The Hall–Kier alpha value is -1.26. The van der Waals surface area contributed by atoms with E-state index in [9.17, 15) is 9.59 Å². The molecule has 0 aliphatic heterocycles. The second kappa shape index (κ2) is 7.24. The average molecular weight is 259 g/mol. The Balaban J connectivity index is 4.31. The molecule has 0 radical (unpaired) electrons. The molecule has 0 aliphatic rings. The molecule has 5 heteroatoms. The zero-order valence-corrected chi connectivity index (χ0v) is 11.9. The monoisotopic (exact) mass is 259 g/mol. The molecule has 18 heavy (non-hydrogen) atoms. The van der Waals surface area contributed by atoms with E-state index in [4.69, 9.17) is 9.84 Å². The van der Waals surface area contributed by atoms with E-state index >= 15 is 0 Å². The highest BCUT2D eigenvalue weighted by Gasteiger charge is 2.23. The van der Waals surface area contributed by atoms with Crippen LogP contribution >= 0.6 is 0 Å². The van der Waals surface area contributed by atoms with Crippen molar-refractivity contribution < 1.29 is 19.4 Å². The van der Waals surface area contributed by atoms with Crippen molar-refractivity contribution in [3.63, 3.8) is 0 Å². The predicted octanol–water partition coefficient (Wildman–Crippen LogP) is 2.65. The summed E-state index contributed by atoms with van der Waals surface area (Å²) >= 11 is 0. The zero-order valence-electron chi connectivity index (χ0n) is 11.9. The summed E-state index contributed by atoms with van der Waals surface area (Å²) in [5.41, 5.74) is -0.0502. The van der Waals surface area contributed by atoms with Gasteiger partial charge < -0.3 is 15.2 Å². The molecule has 0 aromatic heterocycles. The topological polar surface area (TPSA) is 75.6 Å². The van der Waals surface area contributed by atoms with Gasteiger partial charge in [0.25, 0.3) is 0 Å². The van der Waals surface area contributed by atoms with E-state index in [0.29, 0.717) is 13.0 Å². The van der Waals surface area contributed by atoms with Crippen LogP contribution in [0, 0.1) is 11.3 Å². The number of carbonyl (C=O) groups is 2. The number of ether oxygens (including phenoxy) is 1. The van der Waals surface area contributed by atoms with Crippen LogP contribution in [0.1, 0.15) is 47.5 Å². The number of rotatable bonds is 6. The minimum atomic E-state index is -0.923.